The fourth-order valence-corrected chi connectivity index (χ4v) is 3.01. The van der Waals surface area contributed by atoms with Gasteiger partial charge >= 0.3 is 0 Å². The van der Waals surface area contributed by atoms with Crippen LogP contribution in [-0.2, 0) is 12.0 Å². The molecule has 1 atom stereocenters. The van der Waals surface area contributed by atoms with Gasteiger partial charge < -0.3 is 10.6 Å². The monoisotopic (exact) mass is 346 g/mol. The van der Waals surface area contributed by atoms with Gasteiger partial charge in [0.1, 0.15) is 0 Å². The average Bonchev–Trinajstić information content (AvgIpc) is 2.54. The topological polar surface area (TPSA) is 24.1 Å². The lowest BCUT2D eigenvalue weighted by molar-refractivity contribution is 0.474. The maximum absolute atomic E-state index is 3.67. The summed E-state index contributed by atoms with van der Waals surface area (Å²) in [5.74, 6) is 0. The van der Waals surface area contributed by atoms with Crippen LogP contribution in [0.1, 0.15) is 91.2 Å². The van der Waals surface area contributed by atoms with Crippen LogP contribution in [0.15, 0.2) is 24.3 Å². The zero-order chi connectivity index (χ0) is 18.7. The molecule has 0 fully saturated rings. The van der Waals surface area contributed by atoms with Crippen LogP contribution < -0.4 is 10.6 Å². The number of rotatable bonds is 12. The first-order chi connectivity index (χ1) is 11.8. The number of hydrogen-bond acceptors (Lipinski definition) is 2. The van der Waals surface area contributed by atoms with Crippen molar-refractivity contribution in [2.24, 2.45) is 0 Å². The molecule has 144 valence electrons. The first-order valence-electron chi connectivity index (χ1n) is 10.3. The van der Waals surface area contributed by atoms with Crippen molar-refractivity contribution in [3.05, 3.63) is 35.4 Å². The van der Waals surface area contributed by atoms with E-state index in [1.165, 1.54) is 56.2 Å². The van der Waals surface area contributed by atoms with Gasteiger partial charge in [0.25, 0.3) is 0 Å². The van der Waals surface area contributed by atoms with Crippen LogP contribution in [0.2, 0.25) is 0 Å². The van der Waals surface area contributed by atoms with Crippen LogP contribution in [0, 0.1) is 0 Å². The van der Waals surface area contributed by atoms with Crippen molar-refractivity contribution >= 4 is 0 Å². The molecule has 0 bridgehead atoms. The second kappa shape index (κ2) is 11.7. The van der Waals surface area contributed by atoms with E-state index < -0.39 is 0 Å². The van der Waals surface area contributed by atoms with Crippen molar-refractivity contribution in [3.63, 3.8) is 0 Å². The molecule has 0 aliphatic carbocycles. The molecular weight excluding hydrogens is 304 g/mol. The van der Waals surface area contributed by atoms with E-state index in [0.29, 0.717) is 12.1 Å². The van der Waals surface area contributed by atoms with E-state index in [1.54, 1.807) is 0 Å². The molecule has 0 radical (unpaired) electrons. The minimum absolute atomic E-state index is 0.240. The highest BCUT2D eigenvalue weighted by Gasteiger charge is 2.12. The summed E-state index contributed by atoms with van der Waals surface area (Å²) in [5, 5.41) is 7.16. The molecule has 0 heterocycles. The molecule has 2 heteroatoms. The molecule has 0 amide bonds. The molecule has 1 aromatic rings. The van der Waals surface area contributed by atoms with Crippen molar-refractivity contribution in [1.82, 2.24) is 10.6 Å². The van der Waals surface area contributed by atoms with E-state index in [9.17, 15) is 0 Å². The summed E-state index contributed by atoms with van der Waals surface area (Å²) >= 11 is 0. The third-order valence-corrected chi connectivity index (χ3v) is 4.84. The van der Waals surface area contributed by atoms with Crippen LogP contribution in [0.25, 0.3) is 0 Å². The maximum atomic E-state index is 3.67. The molecular formula is C23H42N2. The van der Waals surface area contributed by atoms with E-state index in [0.717, 1.165) is 6.54 Å². The van der Waals surface area contributed by atoms with Crippen molar-refractivity contribution in [2.75, 3.05) is 6.54 Å². The van der Waals surface area contributed by atoms with E-state index in [-0.39, 0.29) is 5.41 Å². The SMILES string of the molecule is CC(C)NCCCCCCCC(C)NCc1ccc(C(C)(C)C)cc1. The first-order valence-corrected chi connectivity index (χ1v) is 10.3. The summed E-state index contributed by atoms with van der Waals surface area (Å²) < 4.78 is 0. The predicted octanol–water partition coefficient (Wildman–Crippen LogP) is 5.80. The zero-order valence-corrected chi connectivity index (χ0v) is 17.6. The van der Waals surface area contributed by atoms with E-state index in [1.807, 2.05) is 0 Å². The van der Waals surface area contributed by atoms with Gasteiger partial charge in [0.05, 0.1) is 0 Å². The summed E-state index contributed by atoms with van der Waals surface area (Å²) in [5.41, 5.74) is 3.04. The zero-order valence-electron chi connectivity index (χ0n) is 17.6. The van der Waals surface area contributed by atoms with Gasteiger partial charge in [0.2, 0.25) is 0 Å². The summed E-state index contributed by atoms with van der Waals surface area (Å²) in [6.45, 7) is 15.7. The highest BCUT2D eigenvalue weighted by Crippen LogP contribution is 2.22. The molecule has 0 spiro atoms. The Morgan fingerprint density at radius 1 is 0.800 bits per heavy atom. The van der Waals surface area contributed by atoms with Crippen LogP contribution in [-0.4, -0.2) is 18.6 Å². The fourth-order valence-electron chi connectivity index (χ4n) is 3.01. The lowest BCUT2D eigenvalue weighted by Gasteiger charge is -2.19. The third-order valence-electron chi connectivity index (χ3n) is 4.84. The molecule has 0 aliphatic rings. The molecule has 1 unspecified atom stereocenters. The van der Waals surface area contributed by atoms with Gasteiger partial charge in [-0.05, 0) is 42.9 Å². The van der Waals surface area contributed by atoms with Crippen LogP contribution in [0.5, 0.6) is 0 Å². The van der Waals surface area contributed by atoms with Gasteiger partial charge in [-0.2, -0.15) is 0 Å². The minimum Gasteiger partial charge on any atom is -0.315 e. The average molecular weight is 347 g/mol. The maximum Gasteiger partial charge on any atom is 0.0207 e. The molecule has 0 saturated carbocycles. The fraction of sp³-hybridized carbons (Fsp3) is 0.739. The van der Waals surface area contributed by atoms with E-state index in [4.69, 9.17) is 0 Å². The van der Waals surface area contributed by atoms with E-state index in [2.05, 4.69) is 76.4 Å². The Morgan fingerprint density at radius 2 is 1.40 bits per heavy atom. The van der Waals surface area contributed by atoms with Crippen molar-refractivity contribution in [2.45, 2.75) is 104 Å². The molecule has 0 aliphatic heterocycles. The standard InChI is InChI=1S/C23H42N2/c1-19(2)24-17-11-9-7-8-10-12-20(3)25-18-21-13-15-22(16-14-21)23(4,5)6/h13-16,19-20,24-25H,7-12,17-18H2,1-6H3. The van der Waals surface area contributed by atoms with Gasteiger partial charge in [0.15, 0.2) is 0 Å². The Balaban J connectivity index is 2.08. The number of unbranched alkanes of at least 4 members (excludes halogenated alkanes) is 4. The number of nitrogens with one attached hydrogen (secondary N) is 2. The van der Waals surface area contributed by atoms with Crippen molar-refractivity contribution in [3.8, 4) is 0 Å². The Bertz CT molecular complexity index is 442. The van der Waals surface area contributed by atoms with Crippen molar-refractivity contribution in [1.29, 1.82) is 0 Å². The molecule has 0 saturated heterocycles. The largest absolute Gasteiger partial charge is 0.315 e. The minimum atomic E-state index is 0.240. The van der Waals surface area contributed by atoms with E-state index >= 15 is 0 Å². The molecule has 25 heavy (non-hydrogen) atoms. The first kappa shape index (κ1) is 22.2. The Labute approximate surface area is 157 Å². The Morgan fingerprint density at radius 3 is 2.00 bits per heavy atom. The number of hydrogen-bond donors (Lipinski definition) is 2. The van der Waals surface area contributed by atoms with Gasteiger partial charge in [-0.3, -0.25) is 0 Å². The molecule has 0 aromatic heterocycles. The second-order valence-corrected chi connectivity index (χ2v) is 8.89. The Hall–Kier alpha value is -0.860. The van der Waals surface area contributed by atoms with Crippen LogP contribution >= 0.6 is 0 Å². The highest BCUT2D eigenvalue weighted by molar-refractivity contribution is 5.27. The molecule has 2 N–H and O–H groups in total. The van der Waals surface area contributed by atoms with Gasteiger partial charge in [-0.1, -0.05) is 84.6 Å². The normalized spacial score (nSPS) is 13.4. The summed E-state index contributed by atoms with van der Waals surface area (Å²) in [6.07, 6.45) is 8.05. The van der Waals surface area contributed by atoms with Crippen LogP contribution in [0.3, 0.4) is 0 Å². The second-order valence-electron chi connectivity index (χ2n) is 8.89. The Kier molecular flexibility index (Phi) is 10.4. The smallest absolute Gasteiger partial charge is 0.0207 e. The third kappa shape index (κ3) is 10.7. The molecule has 1 aromatic carbocycles. The van der Waals surface area contributed by atoms with Crippen molar-refractivity contribution < 1.29 is 0 Å². The summed E-state index contributed by atoms with van der Waals surface area (Å²) in [7, 11) is 0. The highest BCUT2D eigenvalue weighted by atomic mass is 14.9. The quantitative estimate of drug-likeness (QED) is 0.467. The molecule has 1 rings (SSSR count). The summed E-state index contributed by atoms with van der Waals surface area (Å²) in [4.78, 5) is 0. The van der Waals surface area contributed by atoms with Gasteiger partial charge in [-0.25, -0.2) is 0 Å². The molecule has 2 nitrogen and oxygen atoms in total. The predicted molar refractivity (Wildman–Crippen MR) is 112 cm³/mol. The van der Waals surface area contributed by atoms with Crippen LogP contribution in [0.4, 0.5) is 0 Å². The lowest BCUT2D eigenvalue weighted by Crippen LogP contribution is -2.25. The van der Waals surface area contributed by atoms with Gasteiger partial charge in [-0.15, -0.1) is 0 Å². The van der Waals surface area contributed by atoms with Gasteiger partial charge in [0, 0.05) is 18.6 Å². The lowest BCUT2D eigenvalue weighted by atomic mass is 9.87. The summed E-state index contributed by atoms with van der Waals surface area (Å²) in [6, 6.07) is 10.3. The number of benzene rings is 1.